The van der Waals surface area contributed by atoms with Crippen molar-refractivity contribution in [1.82, 2.24) is 4.72 Å². The fraction of sp³-hybridized carbons (Fsp3) is 0.0769. The van der Waals surface area contributed by atoms with Crippen molar-refractivity contribution in [2.45, 2.75) is 10.8 Å². The topological polar surface area (TPSA) is 150 Å². The molecule has 0 atom stereocenters. The third kappa shape index (κ3) is 3.82. The van der Waals surface area contributed by atoms with E-state index in [1.807, 2.05) is 0 Å². The number of thiophene rings is 1. The molecule has 1 aromatic carbocycles. The van der Waals surface area contributed by atoms with Gasteiger partial charge in [0, 0.05) is 11.7 Å². The van der Waals surface area contributed by atoms with Crippen LogP contribution in [-0.4, -0.2) is 30.5 Å². The molecule has 11 heteroatoms. The molecule has 0 aliphatic heterocycles. The molecule has 126 valence electrons. The summed E-state index contributed by atoms with van der Waals surface area (Å²) in [6, 6.07) is 5.97. The van der Waals surface area contributed by atoms with E-state index in [0.717, 1.165) is 12.1 Å². The molecule has 2 aromatic rings. The number of phenols is 1. The van der Waals surface area contributed by atoms with Crippen LogP contribution in [0.15, 0.2) is 39.7 Å². The third-order valence-electron chi connectivity index (χ3n) is 2.90. The number of amides is 1. The summed E-state index contributed by atoms with van der Waals surface area (Å²) >= 11 is 0.597. The molecule has 0 bridgehead atoms. The lowest BCUT2D eigenvalue weighted by atomic mass is 10.1. The Morgan fingerprint density at radius 2 is 1.92 bits per heavy atom. The second-order valence-corrected chi connectivity index (χ2v) is 7.57. The molecule has 1 heterocycles. The molecule has 0 aliphatic rings. The first-order valence-corrected chi connectivity index (χ1v) is 8.57. The summed E-state index contributed by atoms with van der Waals surface area (Å²) in [5.41, 5.74) is -0.0376. The number of carboxylic acids is 1. The van der Waals surface area contributed by atoms with E-state index in [9.17, 15) is 28.0 Å². The van der Waals surface area contributed by atoms with Crippen LogP contribution in [0.25, 0.3) is 0 Å². The average Bonchev–Trinajstić information content (AvgIpc) is 3.04. The fourth-order valence-electron chi connectivity index (χ4n) is 1.74. The number of benzene rings is 1. The number of hydrogen-bond acceptors (Lipinski definition) is 7. The summed E-state index contributed by atoms with van der Waals surface area (Å²) in [6.45, 7) is -0.234. The minimum Gasteiger partial charge on any atom is -0.507 e. The van der Waals surface area contributed by atoms with E-state index >= 15 is 0 Å². The smallest absolute Gasteiger partial charge is 0.345 e. The number of aromatic hydroxyl groups is 1. The van der Waals surface area contributed by atoms with Crippen molar-refractivity contribution in [3.8, 4) is 5.75 Å². The summed E-state index contributed by atoms with van der Waals surface area (Å²) in [5.74, 6) is -2.86. The van der Waals surface area contributed by atoms with Crippen LogP contribution >= 0.6 is 11.3 Å². The van der Waals surface area contributed by atoms with Gasteiger partial charge in [0.1, 0.15) is 14.8 Å². The van der Waals surface area contributed by atoms with Crippen molar-refractivity contribution >= 4 is 33.2 Å². The number of phenolic OH excluding ortho intramolecular Hbond substituents is 1. The number of carboxylic acid groups (broad SMARTS) is 1. The molecule has 3 N–H and O–H groups in total. The zero-order valence-electron chi connectivity index (χ0n) is 11.8. The average molecular weight is 370 g/mol. The number of hydrogen-bond donors (Lipinski definition) is 3. The molecule has 24 heavy (non-hydrogen) atoms. The molecule has 1 amide bonds. The molecule has 0 fully saturated rings. The Bertz CT molecular complexity index is 918. The largest absolute Gasteiger partial charge is 0.507 e. The van der Waals surface area contributed by atoms with E-state index in [2.05, 4.69) is 9.90 Å². The van der Waals surface area contributed by atoms with Crippen LogP contribution in [0.1, 0.15) is 25.6 Å². The van der Waals surface area contributed by atoms with Crippen molar-refractivity contribution in [1.29, 1.82) is 0 Å². The molecule has 2 rings (SSSR count). The van der Waals surface area contributed by atoms with Crippen molar-refractivity contribution in [3.63, 3.8) is 0 Å². The van der Waals surface area contributed by atoms with Gasteiger partial charge in [-0.1, -0.05) is 6.07 Å². The van der Waals surface area contributed by atoms with Crippen molar-refractivity contribution in [2.24, 2.45) is 5.18 Å². The Hall–Kier alpha value is -2.63. The SMILES string of the molecule is O=NC(=O)c1cc(CNS(=O)(=O)c2ccc(C(=O)O)s2)ccc1O. The van der Waals surface area contributed by atoms with E-state index in [1.54, 1.807) is 0 Å². The maximum Gasteiger partial charge on any atom is 0.345 e. The van der Waals surface area contributed by atoms with Crippen LogP contribution in [0.2, 0.25) is 0 Å². The lowest BCUT2D eigenvalue weighted by Gasteiger charge is -2.06. The number of aromatic carboxylic acids is 1. The molecule has 1 aromatic heterocycles. The third-order valence-corrected chi connectivity index (χ3v) is 5.86. The Balaban J connectivity index is 2.18. The standard InChI is InChI=1S/C13H10N2O7S2/c16-9-2-1-7(5-8(9)12(17)15-20)6-14-24(21,22)11-4-3-10(23-11)13(18)19/h1-5,14,16H,6H2,(H,18,19). The van der Waals surface area contributed by atoms with E-state index in [0.29, 0.717) is 16.9 Å². The minimum atomic E-state index is -3.95. The molecular weight excluding hydrogens is 360 g/mol. The monoisotopic (exact) mass is 370 g/mol. The van der Waals surface area contributed by atoms with Gasteiger partial charge >= 0.3 is 11.9 Å². The zero-order chi connectivity index (χ0) is 17.9. The van der Waals surface area contributed by atoms with Gasteiger partial charge in [-0.25, -0.2) is 17.9 Å². The van der Waals surface area contributed by atoms with Gasteiger partial charge in [0.2, 0.25) is 10.0 Å². The maximum atomic E-state index is 12.1. The van der Waals surface area contributed by atoms with Crippen LogP contribution in [0.4, 0.5) is 0 Å². The predicted molar refractivity (Wildman–Crippen MR) is 83.5 cm³/mol. The second kappa shape index (κ2) is 6.86. The molecule has 0 saturated heterocycles. The summed E-state index contributed by atoms with van der Waals surface area (Å²) in [4.78, 5) is 32.2. The van der Waals surface area contributed by atoms with Crippen LogP contribution in [0.3, 0.4) is 0 Å². The van der Waals surface area contributed by atoms with Gasteiger partial charge in [0.25, 0.3) is 0 Å². The van der Waals surface area contributed by atoms with Gasteiger partial charge in [-0.2, -0.15) is 0 Å². The van der Waals surface area contributed by atoms with Gasteiger partial charge < -0.3 is 10.2 Å². The lowest BCUT2D eigenvalue weighted by molar-refractivity contribution is 0.0702. The first kappa shape index (κ1) is 17.7. The summed E-state index contributed by atoms with van der Waals surface area (Å²) in [5, 5.41) is 20.5. The Labute approximate surface area is 139 Å². The van der Waals surface area contributed by atoms with Crippen LogP contribution in [-0.2, 0) is 16.6 Å². The van der Waals surface area contributed by atoms with E-state index in [4.69, 9.17) is 5.11 Å². The van der Waals surface area contributed by atoms with E-state index in [1.165, 1.54) is 18.2 Å². The summed E-state index contributed by atoms with van der Waals surface area (Å²) in [6.07, 6.45) is 0. The maximum absolute atomic E-state index is 12.1. The zero-order valence-corrected chi connectivity index (χ0v) is 13.4. The number of rotatable bonds is 6. The molecular formula is C13H10N2O7S2. The van der Waals surface area contributed by atoms with Gasteiger partial charge in [0.05, 0.1) is 5.56 Å². The highest BCUT2D eigenvalue weighted by Gasteiger charge is 2.19. The van der Waals surface area contributed by atoms with Crippen LogP contribution in [0, 0.1) is 4.91 Å². The summed E-state index contributed by atoms with van der Waals surface area (Å²) < 4.78 is 26.3. The van der Waals surface area contributed by atoms with Gasteiger partial charge in [-0.05, 0) is 29.8 Å². The Kier molecular flexibility index (Phi) is 5.07. The van der Waals surface area contributed by atoms with Crippen molar-refractivity contribution in [2.75, 3.05) is 0 Å². The normalized spacial score (nSPS) is 11.2. The fourth-order valence-corrected chi connectivity index (χ4v) is 3.95. The Morgan fingerprint density at radius 1 is 1.21 bits per heavy atom. The van der Waals surface area contributed by atoms with Crippen LogP contribution < -0.4 is 4.72 Å². The molecule has 9 nitrogen and oxygen atoms in total. The van der Waals surface area contributed by atoms with E-state index < -0.39 is 27.6 Å². The van der Waals surface area contributed by atoms with Gasteiger partial charge in [-0.3, -0.25) is 4.79 Å². The molecule has 0 radical (unpaired) electrons. The molecule has 0 spiro atoms. The predicted octanol–water partition coefficient (Wildman–Crippen LogP) is 1.54. The van der Waals surface area contributed by atoms with Crippen molar-refractivity contribution < 1.29 is 28.2 Å². The highest BCUT2D eigenvalue weighted by atomic mass is 32.2. The van der Waals surface area contributed by atoms with Gasteiger partial charge in [0.15, 0.2) is 0 Å². The first-order chi connectivity index (χ1) is 11.2. The van der Waals surface area contributed by atoms with E-state index in [-0.39, 0.29) is 21.2 Å². The van der Waals surface area contributed by atoms with Gasteiger partial charge in [-0.15, -0.1) is 16.2 Å². The number of nitrogens with zero attached hydrogens (tertiary/aromatic N) is 1. The lowest BCUT2D eigenvalue weighted by Crippen LogP contribution is -2.22. The van der Waals surface area contributed by atoms with Crippen LogP contribution in [0.5, 0.6) is 5.75 Å². The second-order valence-electron chi connectivity index (χ2n) is 4.50. The molecule has 0 aliphatic carbocycles. The number of carbonyl (C=O) groups excluding carboxylic acids is 1. The van der Waals surface area contributed by atoms with Crippen molar-refractivity contribution in [3.05, 3.63) is 51.2 Å². The Morgan fingerprint density at radius 3 is 2.50 bits per heavy atom. The number of nitrogens with one attached hydrogen (secondary N) is 1. The quantitative estimate of drug-likeness (QED) is 0.652. The number of carbonyl (C=O) groups is 2. The highest BCUT2D eigenvalue weighted by Crippen LogP contribution is 2.23. The first-order valence-electron chi connectivity index (χ1n) is 6.27. The molecule has 0 unspecified atom stereocenters. The number of nitroso groups, excluding NO2 is 1. The minimum absolute atomic E-state index is 0.120. The molecule has 0 saturated carbocycles. The number of sulfonamides is 1. The highest BCUT2D eigenvalue weighted by molar-refractivity contribution is 7.91. The summed E-state index contributed by atoms with van der Waals surface area (Å²) in [7, 11) is -3.95.